The van der Waals surface area contributed by atoms with Gasteiger partial charge in [0.15, 0.2) is 0 Å². The second-order valence-corrected chi connectivity index (χ2v) is 6.06. The Morgan fingerprint density at radius 1 is 1.44 bits per heavy atom. The first-order chi connectivity index (χ1) is 8.31. The standard InChI is InChI=1S/C10H13FN2O4S/c1-18(16,17)7-3-6-12-9-5-2-4-8(11)10(9)13(14)15/h2,4-5,12H,3,6-7H2,1H3. The molecule has 1 rings (SSSR count). The van der Waals surface area contributed by atoms with Crippen molar-refractivity contribution >= 4 is 21.2 Å². The molecule has 6 nitrogen and oxygen atoms in total. The summed E-state index contributed by atoms with van der Waals surface area (Å²) in [6.45, 7) is 0.220. The molecule has 1 aromatic rings. The van der Waals surface area contributed by atoms with Crippen LogP contribution >= 0.6 is 0 Å². The summed E-state index contributed by atoms with van der Waals surface area (Å²) in [5.74, 6) is -0.948. The lowest BCUT2D eigenvalue weighted by molar-refractivity contribution is -0.386. The molecule has 1 N–H and O–H groups in total. The monoisotopic (exact) mass is 276 g/mol. The number of anilines is 1. The van der Waals surface area contributed by atoms with Crippen molar-refractivity contribution in [1.82, 2.24) is 0 Å². The smallest absolute Gasteiger partial charge is 0.327 e. The molecule has 8 heteroatoms. The number of nitro groups is 1. The molecule has 18 heavy (non-hydrogen) atoms. The van der Waals surface area contributed by atoms with Gasteiger partial charge in [-0.25, -0.2) is 8.42 Å². The average Bonchev–Trinajstić information content (AvgIpc) is 2.22. The number of sulfone groups is 1. The molecule has 0 atom stereocenters. The van der Waals surface area contributed by atoms with Gasteiger partial charge in [0.2, 0.25) is 5.82 Å². The van der Waals surface area contributed by atoms with Crippen LogP contribution in [0, 0.1) is 15.9 Å². The van der Waals surface area contributed by atoms with Crippen molar-refractivity contribution in [2.45, 2.75) is 6.42 Å². The van der Waals surface area contributed by atoms with Gasteiger partial charge in [0.25, 0.3) is 0 Å². The Labute approximate surface area is 104 Å². The minimum atomic E-state index is -3.06. The first-order valence-electron chi connectivity index (χ1n) is 5.16. The Kier molecular flexibility index (Phi) is 4.60. The van der Waals surface area contributed by atoms with Crippen molar-refractivity contribution in [1.29, 1.82) is 0 Å². The molecule has 0 aliphatic carbocycles. The summed E-state index contributed by atoms with van der Waals surface area (Å²) in [5.41, 5.74) is -0.578. The van der Waals surface area contributed by atoms with Crippen LogP contribution in [0.25, 0.3) is 0 Å². The zero-order valence-corrected chi connectivity index (χ0v) is 10.5. The number of hydrogen-bond donors (Lipinski definition) is 1. The third-order valence-electron chi connectivity index (χ3n) is 2.18. The number of nitrogens with one attached hydrogen (secondary N) is 1. The number of nitrogens with zero attached hydrogens (tertiary/aromatic N) is 1. The lowest BCUT2D eigenvalue weighted by atomic mass is 10.2. The third kappa shape index (κ3) is 4.28. The summed E-state index contributed by atoms with van der Waals surface area (Å²) in [4.78, 5) is 9.85. The molecule has 1 aromatic carbocycles. The number of rotatable bonds is 6. The lowest BCUT2D eigenvalue weighted by Gasteiger charge is -2.06. The number of benzene rings is 1. The minimum absolute atomic E-state index is 0.0247. The number of nitro benzene ring substituents is 1. The van der Waals surface area contributed by atoms with E-state index in [4.69, 9.17) is 0 Å². The number of para-hydroxylation sites is 1. The first kappa shape index (κ1) is 14.4. The van der Waals surface area contributed by atoms with E-state index in [1.54, 1.807) is 0 Å². The maximum absolute atomic E-state index is 13.2. The molecule has 0 fully saturated rings. The zero-order valence-electron chi connectivity index (χ0n) is 9.72. The van der Waals surface area contributed by atoms with Gasteiger partial charge >= 0.3 is 5.69 Å². The minimum Gasteiger partial charge on any atom is -0.379 e. The van der Waals surface area contributed by atoms with E-state index in [0.717, 1.165) is 12.3 Å². The van der Waals surface area contributed by atoms with Gasteiger partial charge < -0.3 is 5.32 Å². The van der Waals surface area contributed by atoms with E-state index in [9.17, 15) is 22.9 Å². The molecule has 0 aliphatic heterocycles. The molecule has 100 valence electrons. The average molecular weight is 276 g/mol. The predicted molar refractivity (Wildman–Crippen MR) is 65.9 cm³/mol. The van der Waals surface area contributed by atoms with Crippen molar-refractivity contribution in [2.75, 3.05) is 23.9 Å². The zero-order chi connectivity index (χ0) is 13.8. The molecule has 0 amide bonds. The molecule has 0 aromatic heterocycles. The summed E-state index contributed by atoms with van der Waals surface area (Å²) in [6.07, 6.45) is 1.41. The molecule has 0 aliphatic rings. The normalized spacial score (nSPS) is 11.2. The van der Waals surface area contributed by atoms with Gasteiger partial charge in [0.1, 0.15) is 15.5 Å². The molecule has 0 bridgehead atoms. The Morgan fingerprint density at radius 2 is 2.11 bits per heavy atom. The van der Waals surface area contributed by atoms with Crippen LogP contribution in [0.1, 0.15) is 6.42 Å². The van der Waals surface area contributed by atoms with Gasteiger partial charge in [0.05, 0.1) is 10.7 Å². The highest BCUT2D eigenvalue weighted by Gasteiger charge is 2.19. The van der Waals surface area contributed by atoms with Crippen LogP contribution in [0.5, 0.6) is 0 Å². The summed E-state index contributed by atoms with van der Waals surface area (Å²) in [7, 11) is -3.06. The largest absolute Gasteiger partial charge is 0.379 e. The van der Waals surface area contributed by atoms with Crippen LogP contribution in [0.3, 0.4) is 0 Å². The summed E-state index contributed by atoms with van der Waals surface area (Å²) < 4.78 is 35.0. The second kappa shape index (κ2) is 5.76. The molecular weight excluding hydrogens is 263 g/mol. The van der Waals surface area contributed by atoms with Crippen LogP contribution < -0.4 is 5.32 Å². The van der Waals surface area contributed by atoms with Gasteiger partial charge in [-0.05, 0) is 18.6 Å². The number of halogens is 1. The fourth-order valence-corrected chi connectivity index (χ4v) is 2.07. The van der Waals surface area contributed by atoms with E-state index < -0.39 is 26.3 Å². The van der Waals surface area contributed by atoms with Gasteiger partial charge in [0, 0.05) is 12.8 Å². The molecular formula is C10H13FN2O4S. The van der Waals surface area contributed by atoms with Crippen LogP contribution in [-0.4, -0.2) is 31.9 Å². The highest BCUT2D eigenvalue weighted by atomic mass is 32.2. The molecule has 0 spiro atoms. The van der Waals surface area contributed by atoms with E-state index in [1.165, 1.54) is 12.1 Å². The molecule has 0 radical (unpaired) electrons. The van der Waals surface area contributed by atoms with Crippen LogP contribution in [0.4, 0.5) is 15.8 Å². The fraction of sp³-hybridized carbons (Fsp3) is 0.400. The van der Waals surface area contributed by atoms with Crippen molar-refractivity contribution in [3.8, 4) is 0 Å². The fourth-order valence-electron chi connectivity index (χ4n) is 1.40. The molecule has 0 heterocycles. The molecule has 0 saturated carbocycles. The van der Waals surface area contributed by atoms with Gasteiger partial charge in [-0.2, -0.15) is 4.39 Å². The van der Waals surface area contributed by atoms with Crippen molar-refractivity contribution in [2.24, 2.45) is 0 Å². The van der Waals surface area contributed by atoms with Crippen molar-refractivity contribution in [3.05, 3.63) is 34.1 Å². The van der Waals surface area contributed by atoms with Gasteiger partial charge in [-0.15, -0.1) is 0 Å². The highest BCUT2D eigenvalue weighted by molar-refractivity contribution is 7.90. The predicted octanol–water partition coefficient (Wildman–Crippen LogP) is 1.58. The van der Waals surface area contributed by atoms with Gasteiger partial charge in [-0.3, -0.25) is 10.1 Å². The topological polar surface area (TPSA) is 89.3 Å². The summed E-state index contributed by atoms with van der Waals surface area (Å²) >= 11 is 0. The Hall–Kier alpha value is -1.70. The van der Waals surface area contributed by atoms with E-state index in [0.29, 0.717) is 6.42 Å². The van der Waals surface area contributed by atoms with Crippen LogP contribution in [0.15, 0.2) is 18.2 Å². The Bertz CT molecular complexity index is 545. The van der Waals surface area contributed by atoms with E-state index in [1.807, 2.05) is 0 Å². The second-order valence-electron chi connectivity index (χ2n) is 3.80. The number of hydrogen-bond acceptors (Lipinski definition) is 5. The van der Waals surface area contributed by atoms with E-state index >= 15 is 0 Å². The maximum Gasteiger partial charge on any atom is 0.327 e. The SMILES string of the molecule is CS(=O)(=O)CCCNc1cccc(F)c1[N+](=O)[O-]. The van der Waals surface area contributed by atoms with Gasteiger partial charge in [-0.1, -0.05) is 6.07 Å². The highest BCUT2D eigenvalue weighted by Crippen LogP contribution is 2.26. The summed E-state index contributed by atoms with van der Waals surface area (Å²) in [6, 6.07) is 3.72. The Morgan fingerprint density at radius 3 is 2.67 bits per heavy atom. The molecule has 0 saturated heterocycles. The quantitative estimate of drug-likeness (QED) is 0.484. The maximum atomic E-state index is 13.2. The Balaban J connectivity index is 2.68. The molecule has 0 unspecified atom stereocenters. The van der Waals surface area contributed by atoms with E-state index in [2.05, 4.69) is 5.32 Å². The lowest BCUT2D eigenvalue weighted by Crippen LogP contribution is -2.11. The van der Waals surface area contributed by atoms with Crippen LogP contribution in [0.2, 0.25) is 0 Å². The van der Waals surface area contributed by atoms with Crippen molar-refractivity contribution in [3.63, 3.8) is 0 Å². The third-order valence-corrected chi connectivity index (χ3v) is 3.21. The summed E-state index contributed by atoms with van der Waals surface area (Å²) in [5, 5.41) is 13.3. The van der Waals surface area contributed by atoms with E-state index in [-0.39, 0.29) is 18.0 Å². The van der Waals surface area contributed by atoms with Crippen LogP contribution in [-0.2, 0) is 9.84 Å². The van der Waals surface area contributed by atoms with Crippen molar-refractivity contribution < 1.29 is 17.7 Å². The first-order valence-corrected chi connectivity index (χ1v) is 7.22.